The molecule has 0 bridgehead atoms. The number of aryl methyl sites for hydroxylation is 3. The number of aromatic nitrogens is 2. The maximum Gasteiger partial charge on any atom is 0.246 e. The fraction of sp³-hybridized carbons (Fsp3) is 0.400. The molecule has 0 saturated carbocycles. The topological polar surface area (TPSA) is 38.1 Å². The molecule has 0 aliphatic carbocycles. The van der Waals surface area contributed by atoms with Gasteiger partial charge in [0.25, 0.3) is 0 Å². The Morgan fingerprint density at radius 3 is 2.80 bits per heavy atom. The number of nitrogens with zero attached hydrogens (tertiary/aromatic N) is 3. The van der Waals surface area contributed by atoms with Crippen LogP contribution in [-0.2, 0) is 18.3 Å². The van der Waals surface area contributed by atoms with Crippen molar-refractivity contribution < 1.29 is 4.79 Å². The lowest BCUT2D eigenvalue weighted by Gasteiger charge is -2.23. The molecule has 132 valence electrons. The fourth-order valence-corrected chi connectivity index (χ4v) is 3.73. The molecule has 1 saturated heterocycles. The summed E-state index contributed by atoms with van der Waals surface area (Å²) >= 11 is 6.23. The highest BCUT2D eigenvalue weighted by Crippen LogP contribution is 2.24. The number of hydrogen-bond donors (Lipinski definition) is 0. The first-order valence-electron chi connectivity index (χ1n) is 8.78. The maximum absolute atomic E-state index is 12.6. The van der Waals surface area contributed by atoms with Crippen molar-refractivity contribution >= 4 is 23.6 Å². The lowest BCUT2D eigenvalue weighted by Crippen LogP contribution is -2.34. The maximum atomic E-state index is 12.6. The van der Waals surface area contributed by atoms with E-state index in [0.29, 0.717) is 11.2 Å². The van der Waals surface area contributed by atoms with E-state index in [1.165, 1.54) is 5.56 Å². The molecule has 1 aliphatic heterocycles. The van der Waals surface area contributed by atoms with Gasteiger partial charge in [0.15, 0.2) is 0 Å². The second-order valence-electron chi connectivity index (χ2n) is 6.60. The number of benzene rings is 1. The molecule has 1 fully saturated rings. The molecule has 0 spiro atoms. The molecule has 5 heteroatoms. The summed E-state index contributed by atoms with van der Waals surface area (Å²) in [6, 6.07) is 10.8. The van der Waals surface area contributed by atoms with E-state index in [1.807, 2.05) is 17.9 Å². The van der Waals surface area contributed by atoms with Gasteiger partial charge in [-0.15, -0.1) is 0 Å². The molecule has 2 aromatic rings. The van der Waals surface area contributed by atoms with E-state index in [9.17, 15) is 4.79 Å². The summed E-state index contributed by atoms with van der Waals surface area (Å²) in [4.78, 5) is 14.6. The summed E-state index contributed by atoms with van der Waals surface area (Å²) in [6.45, 7) is 2.73. The van der Waals surface area contributed by atoms with E-state index in [2.05, 4.69) is 29.4 Å². The van der Waals surface area contributed by atoms with Crippen LogP contribution in [0.1, 0.15) is 36.1 Å². The summed E-state index contributed by atoms with van der Waals surface area (Å²) < 4.78 is 1.62. The zero-order chi connectivity index (χ0) is 17.8. The van der Waals surface area contributed by atoms with Crippen molar-refractivity contribution in [1.29, 1.82) is 0 Å². The summed E-state index contributed by atoms with van der Waals surface area (Å²) in [5.41, 5.74) is 2.98. The highest BCUT2D eigenvalue weighted by molar-refractivity contribution is 6.31. The molecule has 0 radical (unpaired) electrons. The second-order valence-corrected chi connectivity index (χ2v) is 6.96. The van der Waals surface area contributed by atoms with Crippen molar-refractivity contribution in [2.45, 2.75) is 38.6 Å². The van der Waals surface area contributed by atoms with E-state index in [0.717, 1.165) is 43.5 Å². The molecule has 25 heavy (non-hydrogen) atoms. The average Bonchev–Trinajstić information content (AvgIpc) is 3.17. The zero-order valence-corrected chi connectivity index (χ0v) is 15.5. The smallest absolute Gasteiger partial charge is 0.246 e. The van der Waals surface area contributed by atoms with Crippen LogP contribution in [0, 0.1) is 6.92 Å². The highest BCUT2D eigenvalue weighted by Gasteiger charge is 2.27. The number of carbonyl (C=O) groups excluding carboxylic acids is 1. The van der Waals surface area contributed by atoms with Crippen molar-refractivity contribution in [2.24, 2.45) is 7.05 Å². The Bertz CT molecular complexity index is 767. The lowest BCUT2D eigenvalue weighted by molar-refractivity contribution is -0.126. The first-order chi connectivity index (χ1) is 12.1. The van der Waals surface area contributed by atoms with Crippen LogP contribution in [0.25, 0.3) is 6.08 Å². The van der Waals surface area contributed by atoms with Crippen molar-refractivity contribution in [3.05, 3.63) is 58.4 Å². The van der Waals surface area contributed by atoms with Gasteiger partial charge in [0, 0.05) is 31.3 Å². The Morgan fingerprint density at radius 2 is 2.12 bits per heavy atom. The molecular weight excluding hydrogens is 334 g/mol. The minimum atomic E-state index is 0.0647. The fourth-order valence-electron chi connectivity index (χ4n) is 3.49. The zero-order valence-electron chi connectivity index (χ0n) is 14.8. The van der Waals surface area contributed by atoms with Crippen LogP contribution in [-0.4, -0.2) is 33.2 Å². The lowest BCUT2D eigenvalue weighted by atomic mass is 10.0. The number of rotatable bonds is 5. The van der Waals surface area contributed by atoms with Gasteiger partial charge in [-0.25, -0.2) is 0 Å². The SMILES string of the molecule is Cc1nn(C)c(Cl)c1/C=C\C(=O)N1CCC[C@H]1CCc1ccccc1. The molecule has 2 heterocycles. The quantitative estimate of drug-likeness (QED) is 0.758. The first kappa shape index (κ1) is 17.7. The van der Waals surface area contributed by atoms with Crippen LogP contribution in [0.15, 0.2) is 36.4 Å². The van der Waals surface area contributed by atoms with E-state index in [-0.39, 0.29) is 5.91 Å². The van der Waals surface area contributed by atoms with Crippen molar-refractivity contribution in [3.8, 4) is 0 Å². The second kappa shape index (κ2) is 7.87. The van der Waals surface area contributed by atoms with Gasteiger partial charge in [-0.2, -0.15) is 5.10 Å². The van der Waals surface area contributed by atoms with Gasteiger partial charge in [0.2, 0.25) is 5.91 Å². The van der Waals surface area contributed by atoms with Gasteiger partial charge in [-0.05, 0) is 44.2 Å². The van der Waals surface area contributed by atoms with Crippen LogP contribution in [0.3, 0.4) is 0 Å². The number of halogens is 1. The summed E-state index contributed by atoms with van der Waals surface area (Å²) in [6.07, 6.45) is 7.60. The highest BCUT2D eigenvalue weighted by atomic mass is 35.5. The van der Waals surface area contributed by atoms with Crippen LogP contribution < -0.4 is 0 Å². The Balaban J connectivity index is 1.63. The van der Waals surface area contributed by atoms with E-state index >= 15 is 0 Å². The Hall–Kier alpha value is -2.07. The predicted molar refractivity (Wildman–Crippen MR) is 101 cm³/mol. The van der Waals surface area contributed by atoms with E-state index in [1.54, 1.807) is 23.9 Å². The third-order valence-electron chi connectivity index (χ3n) is 4.86. The summed E-state index contributed by atoms with van der Waals surface area (Å²) in [5, 5.41) is 4.83. The normalized spacial score (nSPS) is 17.6. The molecule has 3 rings (SSSR count). The van der Waals surface area contributed by atoms with Gasteiger partial charge in [-0.1, -0.05) is 41.9 Å². The molecule has 4 nitrogen and oxygen atoms in total. The van der Waals surface area contributed by atoms with Gasteiger partial charge < -0.3 is 4.90 Å². The summed E-state index contributed by atoms with van der Waals surface area (Å²) in [7, 11) is 1.80. The number of hydrogen-bond acceptors (Lipinski definition) is 2. The van der Waals surface area contributed by atoms with Gasteiger partial charge in [-0.3, -0.25) is 9.48 Å². The van der Waals surface area contributed by atoms with Gasteiger partial charge in [0.05, 0.1) is 5.69 Å². The number of carbonyl (C=O) groups is 1. The Labute approximate surface area is 154 Å². The van der Waals surface area contributed by atoms with E-state index in [4.69, 9.17) is 11.6 Å². The minimum Gasteiger partial charge on any atom is -0.336 e. The molecule has 0 unspecified atom stereocenters. The van der Waals surface area contributed by atoms with Gasteiger partial charge >= 0.3 is 0 Å². The monoisotopic (exact) mass is 357 g/mol. The molecule has 1 aromatic heterocycles. The minimum absolute atomic E-state index is 0.0647. The van der Waals surface area contributed by atoms with Crippen LogP contribution in [0.5, 0.6) is 0 Å². The van der Waals surface area contributed by atoms with E-state index < -0.39 is 0 Å². The van der Waals surface area contributed by atoms with Crippen LogP contribution in [0.2, 0.25) is 5.15 Å². The first-order valence-corrected chi connectivity index (χ1v) is 9.15. The third kappa shape index (κ3) is 4.13. The standard InChI is InChI=1S/C20H24ClN3O/c1-15-18(20(21)23(2)22-15)12-13-19(25)24-14-6-9-17(24)11-10-16-7-4-3-5-8-16/h3-5,7-8,12-13,17H,6,9-11,14H2,1-2H3/b13-12-/t17-/m0/s1. The Morgan fingerprint density at radius 1 is 1.36 bits per heavy atom. The average molecular weight is 358 g/mol. The molecule has 1 aromatic carbocycles. The largest absolute Gasteiger partial charge is 0.336 e. The Kier molecular flexibility index (Phi) is 5.59. The van der Waals surface area contributed by atoms with Crippen LogP contribution >= 0.6 is 11.6 Å². The molecule has 1 aliphatic rings. The number of likely N-dealkylation sites (tertiary alicyclic amines) is 1. The van der Waals surface area contributed by atoms with Crippen molar-refractivity contribution in [1.82, 2.24) is 14.7 Å². The number of amides is 1. The van der Waals surface area contributed by atoms with Crippen molar-refractivity contribution in [3.63, 3.8) is 0 Å². The molecule has 1 amide bonds. The molecule has 0 N–H and O–H groups in total. The van der Waals surface area contributed by atoms with Gasteiger partial charge in [0.1, 0.15) is 5.15 Å². The summed E-state index contributed by atoms with van der Waals surface area (Å²) in [5.74, 6) is 0.0647. The molecular formula is C20H24ClN3O. The third-order valence-corrected chi connectivity index (χ3v) is 5.31. The molecule has 1 atom stereocenters. The predicted octanol–water partition coefficient (Wildman–Crippen LogP) is 4.02. The van der Waals surface area contributed by atoms with Crippen LogP contribution in [0.4, 0.5) is 0 Å². The van der Waals surface area contributed by atoms with Crippen molar-refractivity contribution in [2.75, 3.05) is 6.54 Å².